The van der Waals surface area contributed by atoms with Gasteiger partial charge in [-0.05, 0) is 43.2 Å². The number of fused-ring (bicyclic) bond motifs is 3. The average molecular weight is 515 g/mol. The molecule has 3 aromatic carbocycles. The molecule has 0 bridgehead atoms. The Morgan fingerprint density at radius 1 is 1.05 bits per heavy atom. The smallest absolute Gasteiger partial charge is 0.244 e. The first-order valence-electron chi connectivity index (χ1n) is 13.2. The van der Waals surface area contributed by atoms with Gasteiger partial charge in [0.15, 0.2) is 5.78 Å². The quantitative estimate of drug-likeness (QED) is 0.512. The first-order valence-corrected chi connectivity index (χ1v) is 13.2. The molecule has 6 nitrogen and oxygen atoms in total. The summed E-state index contributed by atoms with van der Waals surface area (Å²) < 4.78 is 0. The van der Waals surface area contributed by atoms with E-state index >= 15 is 0 Å². The molecule has 6 heteroatoms. The van der Waals surface area contributed by atoms with Crippen LogP contribution in [0, 0.1) is 24.2 Å². The van der Waals surface area contributed by atoms with E-state index in [0.29, 0.717) is 30.6 Å². The highest BCUT2D eigenvalue weighted by Crippen LogP contribution is 2.55. The van der Waals surface area contributed by atoms with Crippen molar-refractivity contribution in [1.29, 1.82) is 5.26 Å². The number of hydrogen-bond donors (Lipinski definition) is 1. The maximum atomic E-state index is 14.5. The maximum absolute atomic E-state index is 14.5. The summed E-state index contributed by atoms with van der Waals surface area (Å²) in [6.45, 7) is 2.90. The number of para-hydroxylation sites is 1. The molecular weight excluding hydrogens is 484 g/mol. The fourth-order valence-corrected chi connectivity index (χ4v) is 6.60. The molecule has 1 aliphatic carbocycles. The second-order valence-corrected chi connectivity index (χ2v) is 10.8. The van der Waals surface area contributed by atoms with E-state index < -0.39 is 11.5 Å². The van der Waals surface area contributed by atoms with E-state index in [-0.39, 0.29) is 23.3 Å². The zero-order chi connectivity index (χ0) is 27.3. The maximum Gasteiger partial charge on any atom is 0.244 e. The zero-order valence-electron chi connectivity index (χ0n) is 22.1. The molecule has 0 fully saturated rings. The predicted molar refractivity (Wildman–Crippen MR) is 151 cm³/mol. The Labute approximate surface area is 228 Å². The number of nitrogens with two attached hydrogens (primary N) is 1. The van der Waals surface area contributed by atoms with Crippen LogP contribution in [0.5, 0.6) is 0 Å². The summed E-state index contributed by atoms with van der Waals surface area (Å²) in [5, 5.41) is 10.4. The summed E-state index contributed by atoms with van der Waals surface area (Å²) in [6, 6.07) is 26.9. The van der Waals surface area contributed by atoms with Crippen molar-refractivity contribution in [3.63, 3.8) is 0 Å². The van der Waals surface area contributed by atoms with Gasteiger partial charge in [0.25, 0.3) is 0 Å². The Bertz CT molecular complexity index is 1580. The molecule has 0 saturated carbocycles. The third-order valence-electron chi connectivity index (χ3n) is 8.56. The van der Waals surface area contributed by atoms with Gasteiger partial charge in [-0.15, -0.1) is 0 Å². The van der Waals surface area contributed by atoms with Gasteiger partial charge in [-0.2, -0.15) is 5.26 Å². The fourth-order valence-electron chi connectivity index (χ4n) is 6.60. The number of rotatable bonds is 4. The first-order chi connectivity index (χ1) is 18.9. The van der Waals surface area contributed by atoms with Crippen LogP contribution in [0.3, 0.4) is 0 Å². The summed E-state index contributed by atoms with van der Waals surface area (Å²) >= 11 is 0. The van der Waals surface area contributed by atoms with Crippen LogP contribution < -0.4 is 10.6 Å². The standard InChI is InChI=1S/C33H30N4O2/c1-21-12-14-23(15-13-21)30(38)29-25-18-33(31(35)26(19-34)24(25)16-17-36(29)2)27-10-6-7-11-28(27)37(32(33)39)20-22-8-4-3-5-9-22/h3-16,25,29H,17-18,20,35H2,1-2H3. The average Bonchev–Trinajstić information content (AvgIpc) is 3.18. The number of carbonyl (C=O) groups is 2. The Morgan fingerprint density at radius 3 is 2.46 bits per heavy atom. The topological polar surface area (TPSA) is 90.4 Å². The molecule has 1 amide bonds. The molecule has 2 N–H and O–H groups in total. The van der Waals surface area contributed by atoms with Gasteiger partial charge in [-0.25, -0.2) is 0 Å². The van der Waals surface area contributed by atoms with Crippen LogP contribution in [0.4, 0.5) is 5.69 Å². The van der Waals surface area contributed by atoms with Gasteiger partial charge in [0.05, 0.1) is 18.2 Å². The van der Waals surface area contributed by atoms with Gasteiger partial charge in [0.2, 0.25) is 5.91 Å². The Hall–Kier alpha value is -4.47. The lowest BCUT2D eigenvalue weighted by Crippen LogP contribution is -2.55. The number of nitriles is 1. The van der Waals surface area contributed by atoms with E-state index in [0.717, 1.165) is 28.0 Å². The highest BCUT2D eigenvalue weighted by atomic mass is 16.2. The highest BCUT2D eigenvalue weighted by Gasteiger charge is 2.59. The number of carbonyl (C=O) groups excluding carboxylic acids is 2. The zero-order valence-corrected chi connectivity index (χ0v) is 22.1. The summed E-state index contributed by atoms with van der Waals surface area (Å²) in [7, 11) is 1.93. The van der Waals surface area contributed by atoms with E-state index in [4.69, 9.17) is 5.73 Å². The third-order valence-corrected chi connectivity index (χ3v) is 8.56. The minimum absolute atomic E-state index is 0.0131. The molecule has 0 aromatic heterocycles. The molecule has 0 saturated heterocycles. The van der Waals surface area contributed by atoms with E-state index in [2.05, 4.69) is 6.07 Å². The number of Topliss-reactive ketones (excluding diaryl/α,β-unsaturated/α-hetero) is 1. The molecule has 2 aliphatic heterocycles. The van der Waals surface area contributed by atoms with E-state index in [1.54, 1.807) is 4.90 Å². The SMILES string of the molecule is Cc1ccc(C(=O)C2C3CC4(C(=O)N(Cc5ccccc5)c5ccccc54)C(N)=C(C#N)C3=CCN2C)cc1. The van der Waals surface area contributed by atoms with Gasteiger partial charge < -0.3 is 10.6 Å². The lowest BCUT2D eigenvalue weighted by molar-refractivity contribution is -0.123. The normalized spacial score (nSPS) is 24.3. The first kappa shape index (κ1) is 24.8. The van der Waals surface area contributed by atoms with Crippen LogP contribution >= 0.6 is 0 Å². The largest absolute Gasteiger partial charge is 0.400 e. The molecule has 3 aromatic rings. The summed E-state index contributed by atoms with van der Waals surface area (Å²) in [6.07, 6.45) is 2.32. The number of ketones is 1. The molecule has 6 rings (SSSR count). The Morgan fingerprint density at radius 2 is 1.74 bits per heavy atom. The molecule has 3 atom stereocenters. The van der Waals surface area contributed by atoms with Crippen molar-refractivity contribution >= 4 is 17.4 Å². The number of amides is 1. The Balaban J connectivity index is 1.50. The van der Waals surface area contributed by atoms with Crippen molar-refractivity contribution < 1.29 is 9.59 Å². The van der Waals surface area contributed by atoms with Gasteiger partial charge in [-0.1, -0.05) is 84.4 Å². The van der Waals surface area contributed by atoms with Crippen LogP contribution in [0.15, 0.2) is 102 Å². The molecule has 194 valence electrons. The number of benzene rings is 3. The van der Waals surface area contributed by atoms with E-state index in [1.807, 2.05) is 104 Å². The van der Waals surface area contributed by atoms with Gasteiger partial charge in [0, 0.05) is 29.4 Å². The predicted octanol–water partition coefficient (Wildman–Crippen LogP) is 4.66. The minimum Gasteiger partial charge on any atom is -0.400 e. The van der Waals surface area contributed by atoms with Crippen molar-refractivity contribution in [3.05, 3.63) is 124 Å². The van der Waals surface area contributed by atoms with Crippen LogP contribution in [0.25, 0.3) is 0 Å². The monoisotopic (exact) mass is 514 g/mol. The minimum atomic E-state index is -1.22. The van der Waals surface area contributed by atoms with Crippen molar-refractivity contribution in [3.8, 4) is 6.07 Å². The summed E-state index contributed by atoms with van der Waals surface area (Å²) in [5.74, 6) is -0.527. The number of aryl methyl sites for hydroxylation is 1. The molecule has 39 heavy (non-hydrogen) atoms. The molecule has 3 unspecified atom stereocenters. The van der Waals surface area contributed by atoms with Crippen LogP contribution in [0.2, 0.25) is 0 Å². The molecular formula is C33H30N4O2. The van der Waals surface area contributed by atoms with Crippen molar-refractivity contribution in [2.75, 3.05) is 18.5 Å². The molecule has 1 spiro atoms. The summed E-state index contributed by atoms with van der Waals surface area (Å²) in [4.78, 5) is 32.3. The number of nitrogens with zero attached hydrogens (tertiary/aromatic N) is 3. The number of anilines is 1. The van der Waals surface area contributed by atoms with Crippen molar-refractivity contribution in [2.24, 2.45) is 11.7 Å². The lowest BCUT2D eigenvalue weighted by Gasteiger charge is -2.46. The molecule has 2 heterocycles. The van der Waals surface area contributed by atoms with Gasteiger partial charge in [0.1, 0.15) is 11.5 Å². The summed E-state index contributed by atoms with van der Waals surface area (Å²) in [5.41, 5.74) is 11.3. The van der Waals surface area contributed by atoms with E-state index in [9.17, 15) is 14.9 Å². The second-order valence-electron chi connectivity index (χ2n) is 10.8. The highest BCUT2D eigenvalue weighted by molar-refractivity contribution is 6.11. The number of hydrogen-bond acceptors (Lipinski definition) is 5. The third kappa shape index (κ3) is 3.73. The van der Waals surface area contributed by atoms with Crippen LogP contribution in [-0.4, -0.2) is 36.2 Å². The second kappa shape index (κ2) is 9.37. The van der Waals surface area contributed by atoms with Gasteiger partial charge in [-0.3, -0.25) is 14.5 Å². The number of likely N-dealkylation sites (N-methyl/N-ethyl adjacent to an activating group) is 1. The van der Waals surface area contributed by atoms with Crippen LogP contribution in [0.1, 0.15) is 33.5 Å². The van der Waals surface area contributed by atoms with Crippen molar-refractivity contribution in [1.82, 2.24) is 4.90 Å². The number of allylic oxidation sites excluding steroid dienone is 1. The molecule has 0 radical (unpaired) electrons. The van der Waals surface area contributed by atoms with Crippen LogP contribution in [-0.2, 0) is 16.8 Å². The van der Waals surface area contributed by atoms with E-state index in [1.165, 1.54) is 0 Å². The Kier molecular flexibility index (Phi) is 5.97. The molecule has 3 aliphatic rings. The lowest BCUT2D eigenvalue weighted by atomic mass is 9.61. The van der Waals surface area contributed by atoms with Gasteiger partial charge >= 0.3 is 0 Å². The fraction of sp³-hybridized carbons (Fsp3) is 0.242. The van der Waals surface area contributed by atoms with Crippen molar-refractivity contribution in [2.45, 2.75) is 31.3 Å².